The van der Waals surface area contributed by atoms with Gasteiger partial charge in [-0.25, -0.2) is 17.5 Å². The fourth-order valence-corrected chi connectivity index (χ4v) is 4.76. The lowest BCUT2D eigenvalue weighted by Crippen LogP contribution is -2.50. The third-order valence-corrected chi connectivity index (χ3v) is 7.92. The molecule has 23 heavy (non-hydrogen) atoms. The second-order valence-corrected chi connectivity index (χ2v) is 10.1. The number of urea groups is 1. The first kappa shape index (κ1) is 18.5. The van der Waals surface area contributed by atoms with Gasteiger partial charge in [-0.15, -0.1) is 0 Å². The molecule has 0 aromatic carbocycles. The summed E-state index contributed by atoms with van der Waals surface area (Å²) in [5.41, 5.74) is 0.453. The van der Waals surface area contributed by atoms with Crippen molar-refractivity contribution in [1.82, 2.24) is 14.9 Å². The van der Waals surface area contributed by atoms with E-state index < -0.39 is 10.0 Å². The number of carbonyl (C=O) groups is 1. The van der Waals surface area contributed by atoms with Gasteiger partial charge in [-0.3, -0.25) is 0 Å². The Balaban J connectivity index is 1.75. The number of nitrogens with zero attached hydrogens (tertiary/aromatic N) is 1. The van der Waals surface area contributed by atoms with Gasteiger partial charge < -0.3 is 10.6 Å². The molecule has 2 fully saturated rings. The third-order valence-electron chi connectivity index (χ3n) is 6.60. The minimum atomic E-state index is -3.14. The molecule has 0 aliphatic heterocycles. The predicted octanol–water partition coefficient (Wildman–Crippen LogP) is 1.78. The topological polar surface area (TPSA) is 78.5 Å². The molecule has 0 saturated heterocycles. The molecule has 2 amide bonds. The van der Waals surface area contributed by atoms with Crippen molar-refractivity contribution in [2.24, 2.45) is 16.7 Å². The molecule has 2 saturated carbocycles. The smallest absolute Gasteiger partial charge is 0.315 e. The summed E-state index contributed by atoms with van der Waals surface area (Å²) in [6, 6.07) is 0.0940. The highest BCUT2D eigenvalue weighted by molar-refractivity contribution is 7.88. The highest BCUT2D eigenvalue weighted by Crippen LogP contribution is 2.65. The molecule has 0 spiro atoms. The molecule has 6 nitrogen and oxygen atoms in total. The molecule has 3 atom stereocenters. The lowest BCUT2D eigenvalue weighted by Gasteiger charge is -2.39. The molecule has 0 aromatic rings. The standard InChI is InChI=1S/C16H31N3O3S/c1-15(2)12-7-8-16(15,3)13(11-12)18-14(20)17-9-6-10-19(4)23(5,21)22/h12-13H,6-11H2,1-5H3,(H2,17,18,20). The Bertz CT molecular complexity index is 561. The van der Waals surface area contributed by atoms with Crippen molar-refractivity contribution >= 4 is 16.1 Å². The second kappa shape index (κ2) is 6.24. The predicted molar refractivity (Wildman–Crippen MR) is 91.6 cm³/mol. The number of hydrogen-bond donors (Lipinski definition) is 2. The van der Waals surface area contributed by atoms with Crippen molar-refractivity contribution in [1.29, 1.82) is 0 Å². The Labute approximate surface area is 140 Å². The van der Waals surface area contributed by atoms with Crippen molar-refractivity contribution in [3.05, 3.63) is 0 Å². The van der Waals surface area contributed by atoms with Crippen LogP contribution in [0.2, 0.25) is 0 Å². The monoisotopic (exact) mass is 345 g/mol. The van der Waals surface area contributed by atoms with Gasteiger partial charge in [0.1, 0.15) is 0 Å². The van der Waals surface area contributed by atoms with E-state index in [9.17, 15) is 13.2 Å². The molecule has 2 aliphatic rings. The summed E-state index contributed by atoms with van der Waals surface area (Å²) >= 11 is 0. The summed E-state index contributed by atoms with van der Waals surface area (Å²) in [6.45, 7) is 7.83. The van der Waals surface area contributed by atoms with Crippen molar-refractivity contribution < 1.29 is 13.2 Å². The molecule has 0 radical (unpaired) electrons. The SMILES string of the molecule is CN(CCCNC(=O)NC1CC2CCC1(C)C2(C)C)S(C)(=O)=O. The van der Waals surface area contributed by atoms with Gasteiger partial charge in [-0.05, 0) is 42.4 Å². The Hall–Kier alpha value is -0.820. The van der Waals surface area contributed by atoms with Crippen LogP contribution in [-0.2, 0) is 10.0 Å². The number of nitrogens with one attached hydrogen (secondary N) is 2. The molecule has 3 unspecified atom stereocenters. The Morgan fingerprint density at radius 1 is 1.30 bits per heavy atom. The maximum atomic E-state index is 12.1. The van der Waals surface area contributed by atoms with E-state index in [2.05, 4.69) is 31.4 Å². The van der Waals surface area contributed by atoms with Crippen molar-refractivity contribution in [3.63, 3.8) is 0 Å². The molecule has 2 bridgehead atoms. The van der Waals surface area contributed by atoms with Crippen LogP contribution < -0.4 is 10.6 Å². The first-order valence-electron chi connectivity index (χ1n) is 8.44. The molecule has 2 aliphatic carbocycles. The maximum absolute atomic E-state index is 12.1. The van der Waals surface area contributed by atoms with Crippen LogP contribution in [0.1, 0.15) is 46.5 Å². The van der Waals surface area contributed by atoms with Crippen molar-refractivity contribution in [2.75, 3.05) is 26.4 Å². The van der Waals surface area contributed by atoms with Gasteiger partial charge >= 0.3 is 6.03 Å². The second-order valence-electron chi connectivity index (χ2n) is 8.00. The summed E-state index contributed by atoms with van der Waals surface area (Å²) in [4.78, 5) is 12.1. The van der Waals surface area contributed by atoms with E-state index in [0.717, 1.165) is 6.42 Å². The highest BCUT2D eigenvalue weighted by Gasteiger charge is 2.61. The number of rotatable bonds is 6. The largest absolute Gasteiger partial charge is 0.338 e. The van der Waals surface area contributed by atoms with Crippen LogP contribution in [0.3, 0.4) is 0 Å². The number of sulfonamides is 1. The summed E-state index contributed by atoms with van der Waals surface area (Å²) < 4.78 is 23.9. The molecule has 0 heterocycles. The van der Waals surface area contributed by atoms with E-state index >= 15 is 0 Å². The van der Waals surface area contributed by atoms with E-state index in [1.807, 2.05) is 0 Å². The molecule has 0 aromatic heterocycles. The zero-order chi connectivity index (χ0) is 17.5. The van der Waals surface area contributed by atoms with Crippen LogP contribution in [0.5, 0.6) is 0 Å². The highest BCUT2D eigenvalue weighted by atomic mass is 32.2. The summed E-state index contributed by atoms with van der Waals surface area (Å²) in [6.07, 6.45) is 5.29. The number of fused-ring (bicyclic) bond motifs is 2. The first-order chi connectivity index (χ1) is 10.5. The minimum Gasteiger partial charge on any atom is -0.338 e. The molecule has 134 valence electrons. The first-order valence-corrected chi connectivity index (χ1v) is 10.3. The Morgan fingerprint density at radius 3 is 2.43 bits per heavy atom. The lowest BCUT2D eigenvalue weighted by atomic mass is 9.69. The molecule has 2 N–H and O–H groups in total. The normalized spacial score (nSPS) is 32.3. The summed E-state index contributed by atoms with van der Waals surface area (Å²) in [5, 5.41) is 5.99. The minimum absolute atomic E-state index is 0.137. The van der Waals surface area contributed by atoms with Gasteiger partial charge in [-0.2, -0.15) is 0 Å². The van der Waals surface area contributed by atoms with E-state index in [0.29, 0.717) is 25.4 Å². The van der Waals surface area contributed by atoms with Gasteiger partial charge in [0.15, 0.2) is 0 Å². The summed E-state index contributed by atoms with van der Waals surface area (Å²) in [7, 11) is -1.59. The molecule has 2 rings (SSSR count). The van der Waals surface area contributed by atoms with Crippen LogP contribution in [0, 0.1) is 16.7 Å². The van der Waals surface area contributed by atoms with Gasteiger partial charge in [0, 0.05) is 26.2 Å². The fourth-order valence-electron chi connectivity index (χ4n) is 4.30. The van der Waals surface area contributed by atoms with Crippen LogP contribution in [0.4, 0.5) is 4.79 Å². The van der Waals surface area contributed by atoms with Crippen LogP contribution in [0.15, 0.2) is 0 Å². The van der Waals surface area contributed by atoms with Crippen molar-refractivity contribution in [3.8, 4) is 0 Å². The Morgan fingerprint density at radius 2 is 1.96 bits per heavy atom. The van der Waals surface area contributed by atoms with E-state index in [4.69, 9.17) is 0 Å². The fraction of sp³-hybridized carbons (Fsp3) is 0.938. The van der Waals surface area contributed by atoms with E-state index in [1.54, 1.807) is 7.05 Å². The number of hydrogen-bond acceptors (Lipinski definition) is 3. The zero-order valence-electron chi connectivity index (χ0n) is 15.0. The quantitative estimate of drug-likeness (QED) is 0.720. The van der Waals surface area contributed by atoms with Gasteiger partial charge in [0.05, 0.1) is 6.26 Å². The van der Waals surface area contributed by atoms with Crippen molar-refractivity contribution in [2.45, 2.75) is 52.5 Å². The zero-order valence-corrected chi connectivity index (χ0v) is 15.8. The van der Waals surface area contributed by atoms with Gasteiger partial charge in [0.2, 0.25) is 10.0 Å². The van der Waals surface area contributed by atoms with E-state index in [-0.39, 0.29) is 22.9 Å². The van der Waals surface area contributed by atoms with Gasteiger partial charge in [0.25, 0.3) is 0 Å². The lowest BCUT2D eigenvalue weighted by molar-refractivity contribution is 0.123. The average molecular weight is 346 g/mol. The maximum Gasteiger partial charge on any atom is 0.315 e. The molecular formula is C16H31N3O3S. The average Bonchev–Trinajstić information content (AvgIpc) is 2.75. The van der Waals surface area contributed by atoms with Crippen LogP contribution in [-0.4, -0.2) is 51.2 Å². The summed E-state index contributed by atoms with van der Waals surface area (Å²) in [5.74, 6) is 0.696. The molecule has 7 heteroatoms. The molecular weight excluding hydrogens is 314 g/mol. The van der Waals surface area contributed by atoms with E-state index in [1.165, 1.54) is 23.4 Å². The van der Waals surface area contributed by atoms with Crippen LogP contribution >= 0.6 is 0 Å². The van der Waals surface area contributed by atoms with Gasteiger partial charge in [-0.1, -0.05) is 20.8 Å². The third kappa shape index (κ3) is 3.50. The number of amides is 2. The Kier molecular flexibility index (Phi) is 5.02. The van der Waals surface area contributed by atoms with Crippen LogP contribution in [0.25, 0.3) is 0 Å². The number of carbonyl (C=O) groups excluding carboxylic acids is 1.